The summed E-state index contributed by atoms with van der Waals surface area (Å²) in [6.45, 7) is 3.84. The lowest BCUT2D eigenvalue weighted by Crippen LogP contribution is -2.62. The van der Waals surface area contributed by atoms with Gasteiger partial charge in [-0.3, -0.25) is 9.69 Å². The second-order valence-electron chi connectivity index (χ2n) is 6.32. The van der Waals surface area contributed by atoms with Crippen molar-refractivity contribution in [1.29, 1.82) is 0 Å². The fourth-order valence-electron chi connectivity index (χ4n) is 3.28. The van der Waals surface area contributed by atoms with Crippen LogP contribution in [-0.4, -0.2) is 86.8 Å². The zero-order valence-corrected chi connectivity index (χ0v) is 13.6. The van der Waals surface area contributed by atoms with Crippen molar-refractivity contribution in [1.82, 2.24) is 30.0 Å². The zero-order chi connectivity index (χ0) is 17.2. The highest BCUT2D eigenvalue weighted by molar-refractivity contribution is 5.77. The molecule has 0 aromatic carbocycles. The maximum absolute atomic E-state index is 13.7. The van der Waals surface area contributed by atoms with Gasteiger partial charge in [0.05, 0.1) is 19.7 Å². The van der Waals surface area contributed by atoms with Crippen molar-refractivity contribution in [3.63, 3.8) is 0 Å². The number of aryl methyl sites for hydroxylation is 1. The van der Waals surface area contributed by atoms with Crippen molar-refractivity contribution in [2.45, 2.75) is 44.3 Å². The minimum absolute atomic E-state index is 0.00550. The number of carbonyl (C=O) groups excluding carboxylic acids is 1. The lowest BCUT2D eigenvalue weighted by Gasteiger charge is -2.46. The molecule has 1 aromatic heterocycles. The number of aromatic nitrogens is 4. The molecular formula is C14H22F2N6O2. The summed E-state index contributed by atoms with van der Waals surface area (Å²) < 4.78 is 34.3. The highest BCUT2D eigenvalue weighted by Crippen LogP contribution is 2.35. The Morgan fingerprint density at radius 1 is 1.42 bits per heavy atom. The molecule has 134 valence electrons. The first-order valence-electron chi connectivity index (χ1n) is 8.18. The Labute approximate surface area is 138 Å². The number of rotatable bonds is 7. The fourth-order valence-corrected chi connectivity index (χ4v) is 3.28. The molecule has 1 atom stereocenters. The van der Waals surface area contributed by atoms with Crippen molar-refractivity contribution in [3.05, 3.63) is 6.33 Å². The van der Waals surface area contributed by atoms with Crippen molar-refractivity contribution in [2.24, 2.45) is 0 Å². The van der Waals surface area contributed by atoms with Crippen molar-refractivity contribution in [2.75, 3.05) is 32.8 Å². The minimum atomic E-state index is -2.67. The van der Waals surface area contributed by atoms with Crippen LogP contribution in [0.5, 0.6) is 0 Å². The predicted octanol–water partition coefficient (Wildman–Crippen LogP) is 0.0201. The molecule has 3 rings (SSSR count). The highest BCUT2D eigenvalue weighted by Gasteiger charge is 2.50. The number of tetrazole rings is 1. The van der Waals surface area contributed by atoms with Gasteiger partial charge in [0.2, 0.25) is 5.91 Å². The van der Waals surface area contributed by atoms with E-state index in [-0.39, 0.29) is 31.0 Å². The maximum atomic E-state index is 13.7. The Balaban J connectivity index is 1.46. The van der Waals surface area contributed by atoms with Gasteiger partial charge in [0.15, 0.2) is 0 Å². The normalized spacial score (nSPS) is 24.3. The van der Waals surface area contributed by atoms with Crippen LogP contribution in [0.25, 0.3) is 0 Å². The second-order valence-corrected chi connectivity index (χ2v) is 6.32. The summed E-state index contributed by atoms with van der Waals surface area (Å²) >= 11 is 0. The molecule has 2 aliphatic heterocycles. The third-order valence-electron chi connectivity index (χ3n) is 4.56. The fraction of sp³-hybridized carbons (Fsp3) is 0.857. The molecule has 2 fully saturated rings. The summed E-state index contributed by atoms with van der Waals surface area (Å²) in [5.74, 6) is -2.68. The lowest BCUT2D eigenvalue weighted by atomic mass is 10.1. The third-order valence-corrected chi connectivity index (χ3v) is 4.56. The number of alkyl halides is 2. The standard InChI is InChI=1S/C14H22F2N6O2/c1-2-24-8-11-5-14(15,16)9-22(11)12-6-20(7-12)13(23)3-4-21-10-17-18-19-21/h10-12H,2-9H2,1H3/t11-/m0/s1. The molecule has 0 aliphatic carbocycles. The van der Waals surface area contributed by atoms with Gasteiger partial charge >= 0.3 is 0 Å². The largest absolute Gasteiger partial charge is 0.380 e. The van der Waals surface area contributed by atoms with Gasteiger partial charge < -0.3 is 9.64 Å². The maximum Gasteiger partial charge on any atom is 0.262 e. The smallest absolute Gasteiger partial charge is 0.262 e. The van der Waals surface area contributed by atoms with E-state index < -0.39 is 5.92 Å². The molecular weight excluding hydrogens is 322 g/mol. The molecule has 10 heteroatoms. The number of hydrogen-bond donors (Lipinski definition) is 0. The van der Waals surface area contributed by atoms with Crippen LogP contribution in [0.15, 0.2) is 6.33 Å². The lowest BCUT2D eigenvalue weighted by molar-refractivity contribution is -0.139. The first-order chi connectivity index (χ1) is 11.5. The molecule has 0 radical (unpaired) electrons. The molecule has 0 spiro atoms. The average molecular weight is 344 g/mol. The molecule has 0 unspecified atom stereocenters. The van der Waals surface area contributed by atoms with Crippen molar-refractivity contribution in [3.8, 4) is 0 Å². The molecule has 2 saturated heterocycles. The third kappa shape index (κ3) is 3.86. The van der Waals surface area contributed by atoms with Gasteiger partial charge in [-0.15, -0.1) is 5.10 Å². The van der Waals surface area contributed by atoms with Crippen molar-refractivity contribution < 1.29 is 18.3 Å². The second kappa shape index (κ2) is 7.06. The van der Waals surface area contributed by atoms with E-state index in [9.17, 15) is 13.6 Å². The Morgan fingerprint density at radius 3 is 2.88 bits per heavy atom. The number of carbonyl (C=O) groups is 1. The van der Waals surface area contributed by atoms with E-state index in [0.717, 1.165) is 0 Å². The SMILES string of the molecule is CCOC[C@@H]1CC(F)(F)CN1C1CN(C(=O)CCn2cnnn2)C1. The quantitative estimate of drug-likeness (QED) is 0.694. The monoisotopic (exact) mass is 344 g/mol. The molecule has 8 nitrogen and oxygen atoms in total. The molecule has 3 heterocycles. The van der Waals surface area contributed by atoms with Gasteiger partial charge in [-0.1, -0.05) is 0 Å². The minimum Gasteiger partial charge on any atom is -0.380 e. The van der Waals surface area contributed by atoms with Crippen molar-refractivity contribution >= 4 is 5.91 Å². The first-order valence-corrected chi connectivity index (χ1v) is 8.18. The summed E-state index contributed by atoms with van der Waals surface area (Å²) in [6.07, 6.45) is 1.59. The molecule has 1 amide bonds. The predicted molar refractivity (Wildman–Crippen MR) is 79.4 cm³/mol. The molecule has 24 heavy (non-hydrogen) atoms. The number of nitrogens with zero attached hydrogens (tertiary/aromatic N) is 6. The average Bonchev–Trinajstić information content (AvgIpc) is 3.09. The van der Waals surface area contributed by atoms with Gasteiger partial charge in [0.25, 0.3) is 5.92 Å². The number of halogens is 2. The van der Waals surface area contributed by atoms with E-state index in [1.54, 1.807) is 9.80 Å². The van der Waals surface area contributed by atoms with Gasteiger partial charge in [-0.05, 0) is 17.4 Å². The molecule has 0 N–H and O–H groups in total. The van der Waals surface area contributed by atoms with Crippen LogP contribution in [0.2, 0.25) is 0 Å². The van der Waals surface area contributed by atoms with E-state index in [4.69, 9.17) is 4.74 Å². The molecule has 1 aromatic rings. The van der Waals surface area contributed by atoms with Gasteiger partial charge in [0, 0.05) is 44.6 Å². The van der Waals surface area contributed by atoms with E-state index >= 15 is 0 Å². The summed E-state index contributed by atoms with van der Waals surface area (Å²) in [7, 11) is 0. The summed E-state index contributed by atoms with van der Waals surface area (Å²) in [5.41, 5.74) is 0. The molecule has 2 aliphatic rings. The van der Waals surface area contributed by atoms with E-state index in [1.165, 1.54) is 11.0 Å². The first kappa shape index (κ1) is 17.2. The molecule has 0 saturated carbocycles. The van der Waals surface area contributed by atoms with E-state index in [1.807, 2.05) is 6.92 Å². The van der Waals surface area contributed by atoms with E-state index in [0.29, 0.717) is 39.3 Å². The van der Waals surface area contributed by atoms with Crippen LogP contribution in [0, 0.1) is 0 Å². The van der Waals surface area contributed by atoms with Crippen LogP contribution >= 0.6 is 0 Å². The summed E-state index contributed by atoms with van der Waals surface area (Å²) in [4.78, 5) is 15.6. The molecule has 0 bridgehead atoms. The van der Waals surface area contributed by atoms with Crippen LogP contribution in [0.3, 0.4) is 0 Å². The van der Waals surface area contributed by atoms with Crippen LogP contribution in [0.1, 0.15) is 19.8 Å². The highest BCUT2D eigenvalue weighted by atomic mass is 19.3. The Bertz CT molecular complexity index is 549. The van der Waals surface area contributed by atoms with Gasteiger partial charge in [-0.25, -0.2) is 13.5 Å². The van der Waals surface area contributed by atoms with Crippen LogP contribution < -0.4 is 0 Å². The Morgan fingerprint density at radius 2 is 2.21 bits per heavy atom. The number of amides is 1. The number of ether oxygens (including phenoxy) is 1. The number of hydrogen-bond acceptors (Lipinski definition) is 6. The Hall–Kier alpha value is -1.68. The summed E-state index contributed by atoms with van der Waals surface area (Å²) in [5, 5.41) is 10.7. The van der Waals surface area contributed by atoms with E-state index in [2.05, 4.69) is 15.5 Å². The Kier molecular flexibility index (Phi) is 5.04. The topological polar surface area (TPSA) is 76.4 Å². The zero-order valence-electron chi connectivity index (χ0n) is 13.6. The van der Waals surface area contributed by atoms with Crippen LogP contribution in [-0.2, 0) is 16.1 Å². The summed E-state index contributed by atoms with van der Waals surface area (Å²) in [6, 6.07) is -0.288. The number of likely N-dealkylation sites (tertiary alicyclic amines) is 2. The van der Waals surface area contributed by atoms with Crippen LogP contribution in [0.4, 0.5) is 8.78 Å². The van der Waals surface area contributed by atoms with Gasteiger partial charge in [-0.2, -0.15) is 0 Å². The van der Waals surface area contributed by atoms with Gasteiger partial charge in [0.1, 0.15) is 6.33 Å².